The normalized spacial score (nSPS) is 10.9. The minimum atomic E-state index is -3.73. The number of benzene rings is 3. The van der Waals surface area contributed by atoms with Crippen molar-refractivity contribution in [3.05, 3.63) is 90.0 Å². The number of hydrogen-bond acceptors (Lipinski definition) is 4. The average molecular weight is 410 g/mol. The van der Waals surface area contributed by atoms with E-state index < -0.39 is 10.0 Å². The highest BCUT2D eigenvalue weighted by molar-refractivity contribution is 7.92. The lowest BCUT2D eigenvalue weighted by Crippen LogP contribution is -2.28. The number of hydrogen-bond donors (Lipinski definition) is 2. The van der Waals surface area contributed by atoms with Gasteiger partial charge in [-0.05, 0) is 48.9 Å². The molecule has 6 nitrogen and oxygen atoms in total. The lowest BCUT2D eigenvalue weighted by atomic mass is 10.1. The van der Waals surface area contributed by atoms with Gasteiger partial charge in [0.15, 0.2) is 0 Å². The number of para-hydroxylation sites is 1. The van der Waals surface area contributed by atoms with Crippen molar-refractivity contribution >= 4 is 21.6 Å². The van der Waals surface area contributed by atoms with Gasteiger partial charge in [0.1, 0.15) is 12.4 Å². The van der Waals surface area contributed by atoms with Gasteiger partial charge in [0.2, 0.25) is 0 Å². The van der Waals surface area contributed by atoms with E-state index in [1.807, 2.05) is 30.3 Å². The van der Waals surface area contributed by atoms with E-state index in [-0.39, 0.29) is 10.8 Å². The van der Waals surface area contributed by atoms with Crippen LogP contribution in [0.4, 0.5) is 5.69 Å². The fraction of sp³-hybridized carbons (Fsp3) is 0.136. The molecule has 0 heterocycles. The SMILES string of the molecule is Cc1ccc(C(=O)NCCOc2ccccc2)cc1NS(=O)(=O)c1ccccc1. The van der Waals surface area contributed by atoms with Crippen LogP contribution in [0.25, 0.3) is 0 Å². The molecule has 29 heavy (non-hydrogen) atoms. The van der Waals surface area contributed by atoms with Crippen molar-refractivity contribution in [3.8, 4) is 5.75 Å². The van der Waals surface area contributed by atoms with Crippen LogP contribution < -0.4 is 14.8 Å². The molecule has 0 aliphatic heterocycles. The second kappa shape index (κ2) is 9.25. The van der Waals surface area contributed by atoms with Crippen molar-refractivity contribution in [3.63, 3.8) is 0 Å². The second-order valence-corrected chi connectivity index (χ2v) is 8.05. The highest BCUT2D eigenvalue weighted by Crippen LogP contribution is 2.21. The molecule has 150 valence electrons. The summed E-state index contributed by atoms with van der Waals surface area (Å²) in [6, 6.07) is 22.3. The third-order valence-electron chi connectivity index (χ3n) is 4.20. The Labute approximate surface area is 170 Å². The lowest BCUT2D eigenvalue weighted by Gasteiger charge is -2.13. The molecule has 0 atom stereocenters. The van der Waals surface area contributed by atoms with E-state index in [2.05, 4.69) is 10.0 Å². The molecule has 3 aromatic carbocycles. The Morgan fingerprint density at radius 2 is 1.59 bits per heavy atom. The zero-order valence-electron chi connectivity index (χ0n) is 16.0. The molecule has 0 aliphatic carbocycles. The van der Waals surface area contributed by atoms with E-state index in [0.29, 0.717) is 30.0 Å². The number of carbonyl (C=O) groups excluding carboxylic acids is 1. The molecular formula is C22H22N2O4S. The fourth-order valence-electron chi connectivity index (χ4n) is 2.63. The van der Waals surface area contributed by atoms with E-state index in [4.69, 9.17) is 4.74 Å². The van der Waals surface area contributed by atoms with Crippen molar-refractivity contribution in [1.29, 1.82) is 0 Å². The Balaban J connectivity index is 1.63. The molecule has 7 heteroatoms. The summed E-state index contributed by atoms with van der Waals surface area (Å²) >= 11 is 0. The molecule has 0 spiro atoms. The first kappa shape index (κ1) is 20.4. The zero-order valence-corrected chi connectivity index (χ0v) is 16.8. The molecule has 0 radical (unpaired) electrons. The van der Waals surface area contributed by atoms with Crippen molar-refractivity contribution < 1.29 is 17.9 Å². The molecule has 3 aromatic rings. The van der Waals surface area contributed by atoms with Crippen LogP contribution in [0.2, 0.25) is 0 Å². The summed E-state index contributed by atoms with van der Waals surface area (Å²) in [7, 11) is -3.73. The molecule has 0 saturated heterocycles. The Hall–Kier alpha value is -3.32. The first-order valence-electron chi connectivity index (χ1n) is 9.10. The predicted molar refractivity (Wildman–Crippen MR) is 113 cm³/mol. The van der Waals surface area contributed by atoms with E-state index >= 15 is 0 Å². The first-order valence-corrected chi connectivity index (χ1v) is 10.6. The topological polar surface area (TPSA) is 84.5 Å². The summed E-state index contributed by atoms with van der Waals surface area (Å²) in [5, 5.41) is 2.77. The van der Waals surface area contributed by atoms with E-state index in [1.165, 1.54) is 18.2 Å². The number of anilines is 1. The summed E-state index contributed by atoms with van der Waals surface area (Å²) in [6.45, 7) is 2.43. The van der Waals surface area contributed by atoms with Gasteiger partial charge in [-0.1, -0.05) is 42.5 Å². The highest BCUT2D eigenvalue weighted by Gasteiger charge is 2.16. The van der Waals surface area contributed by atoms with E-state index in [1.54, 1.807) is 37.3 Å². The maximum atomic E-state index is 12.6. The Morgan fingerprint density at radius 3 is 2.28 bits per heavy atom. The number of ether oxygens (including phenoxy) is 1. The van der Waals surface area contributed by atoms with Crippen LogP contribution in [0.3, 0.4) is 0 Å². The van der Waals surface area contributed by atoms with Gasteiger partial charge in [-0.25, -0.2) is 8.42 Å². The molecule has 2 N–H and O–H groups in total. The Kier molecular flexibility index (Phi) is 6.51. The van der Waals surface area contributed by atoms with Gasteiger partial charge in [0.25, 0.3) is 15.9 Å². The summed E-state index contributed by atoms with van der Waals surface area (Å²) in [5.41, 5.74) is 1.44. The van der Waals surface area contributed by atoms with Crippen molar-refractivity contribution in [2.45, 2.75) is 11.8 Å². The highest BCUT2D eigenvalue weighted by atomic mass is 32.2. The summed E-state index contributed by atoms with van der Waals surface area (Å²) < 4.78 is 33.2. The molecule has 0 aromatic heterocycles. The predicted octanol–water partition coefficient (Wildman–Crippen LogP) is 3.60. The van der Waals surface area contributed by atoms with Crippen molar-refractivity contribution in [2.75, 3.05) is 17.9 Å². The van der Waals surface area contributed by atoms with E-state index in [0.717, 1.165) is 5.75 Å². The standard InChI is InChI=1S/C22H22N2O4S/c1-17-12-13-18(22(25)23-14-15-28-19-8-4-2-5-9-19)16-21(17)24-29(26,27)20-10-6-3-7-11-20/h2-13,16,24H,14-15H2,1H3,(H,23,25). The fourth-order valence-corrected chi connectivity index (χ4v) is 3.77. The Morgan fingerprint density at radius 1 is 0.931 bits per heavy atom. The van der Waals surface area contributed by atoms with Crippen molar-refractivity contribution in [2.24, 2.45) is 0 Å². The summed E-state index contributed by atoms with van der Waals surface area (Å²) in [4.78, 5) is 12.6. The van der Waals surface area contributed by atoms with Crippen LogP contribution in [0.15, 0.2) is 83.8 Å². The minimum Gasteiger partial charge on any atom is -0.492 e. The van der Waals surface area contributed by atoms with E-state index in [9.17, 15) is 13.2 Å². The maximum Gasteiger partial charge on any atom is 0.261 e. The third-order valence-corrected chi connectivity index (χ3v) is 5.58. The number of amides is 1. The number of nitrogens with one attached hydrogen (secondary N) is 2. The molecule has 1 amide bonds. The lowest BCUT2D eigenvalue weighted by molar-refractivity contribution is 0.0947. The number of carbonyl (C=O) groups is 1. The largest absolute Gasteiger partial charge is 0.492 e. The molecule has 0 fully saturated rings. The molecule has 0 bridgehead atoms. The number of sulfonamides is 1. The van der Waals surface area contributed by atoms with Gasteiger partial charge in [0.05, 0.1) is 17.1 Å². The molecule has 0 saturated carbocycles. The Bertz CT molecular complexity index is 1070. The van der Waals surface area contributed by atoms with Gasteiger partial charge in [-0.15, -0.1) is 0 Å². The van der Waals surface area contributed by atoms with Gasteiger partial charge in [0, 0.05) is 5.56 Å². The van der Waals surface area contributed by atoms with Crippen LogP contribution in [0.1, 0.15) is 15.9 Å². The summed E-state index contributed by atoms with van der Waals surface area (Å²) in [6.07, 6.45) is 0. The van der Waals surface area contributed by atoms with Crippen LogP contribution in [-0.2, 0) is 10.0 Å². The van der Waals surface area contributed by atoms with Crippen LogP contribution in [-0.4, -0.2) is 27.5 Å². The summed E-state index contributed by atoms with van der Waals surface area (Å²) in [5.74, 6) is 0.427. The average Bonchev–Trinajstić information content (AvgIpc) is 2.74. The first-order chi connectivity index (χ1) is 14.0. The molecule has 0 aliphatic rings. The minimum absolute atomic E-state index is 0.160. The second-order valence-electron chi connectivity index (χ2n) is 6.37. The number of aryl methyl sites for hydroxylation is 1. The van der Waals surface area contributed by atoms with Gasteiger partial charge < -0.3 is 10.1 Å². The smallest absolute Gasteiger partial charge is 0.261 e. The zero-order chi connectivity index (χ0) is 20.7. The van der Waals surface area contributed by atoms with Crippen LogP contribution in [0, 0.1) is 6.92 Å². The molecular weight excluding hydrogens is 388 g/mol. The number of rotatable bonds is 8. The molecule has 3 rings (SSSR count). The molecule has 0 unspecified atom stereocenters. The van der Waals surface area contributed by atoms with Gasteiger partial charge in [-0.2, -0.15) is 0 Å². The van der Waals surface area contributed by atoms with Gasteiger partial charge in [-0.3, -0.25) is 9.52 Å². The monoisotopic (exact) mass is 410 g/mol. The van der Waals surface area contributed by atoms with Crippen molar-refractivity contribution in [1.82, 2.24) is 5.32 Å². The van der Waals surface area contributed by atoms with Crippen LogP contribution in [0.5, 0.6) is 5.75 Å². The maximum absolute atomic E-state index is 12.6. The quantitative estimate of drug-likeness (QED) is 0.556. The van der Waals surface area contributed by atoms with Crippen LogP contribution >= 0.6 is 0 Å². The third kappa shape index (κ3) is 5.58. The van der Waals surface area contributed by atoms with Gasteiger partial charge >= 0.3 is 0 Å².